The third-order valence-corrected chi connectivity index (χ3v) is 7.57. The standard InChI is InChI=1S/C25H30N2O6S/c1-5-33-25(30)15-8-6-10-27(14-15)24(29)21-16-12-18(31-3)19(32-4)13-17(16)23(28)26(2)22(21)20-9-7-11-34-20/h7,9,11-13,15,21-22H,5-6,8,10,14H2,1-4H3. The number of nitrogens with zero attached hydrogens (tertiary/aromatic N) is 2. The van der Waals surface area contributed by atoms with E-state index < -0.39 is 12.0 Å². The predicted molar refractivity (Wildman–Crippen MR) is 127 cm³/mol. The van der Waals surface area contributed by atoms with E-state index in [9.17, 15) is 14.4 Å². The normalized spacial score (nSPS) is 22.2. The number of amides is 2. The molecule has 0 aliphatic carbocycles. The van der Waals surface area contributed by atoms with Gasteiger partial charge in [0.1, 0.15) is 0 Å². The highest BCUT2D eigenvalue weighted by atomic mass is 32.1. The number of carbonyl (C=O) groups excluding carboxylic acids is 3. The summed E-state index contributed by atoms with van der Waals surface area (Å²) >= 11 is 1.51. The number of carbonyl (C=O) groups is 3. The van der Waals surface area contributed by atoms with Gasteiger partial charge < -0.3 is 24.0 Å². The van der Waals surface area contributed by atoms with E-state index in [0.717, 1.165) is 11.3 Å². The number of thiophene rings is 1. The minimum absolute atomic E-state index is 0.111. The monoisotopic (exact) mass is 486 g/mol. The summed E-state index contributed by atoms with van der Waals surface area (Å²) in [6, 6.07) is 6.79. The van der Waals surface area contributed by atoms with Crippen molar-refractivity contribution in [2.75, 3.05) is 41.0 Å². The van der Waals surface area contributed by atoms with Crippen molar-refractivity contribution in [3.8, 4) is 11.5 Å². The van der Waals surface area contributed by atoms with E-state index in [0.29, 0.717) is 48.7 Å². The molecule has 0 radical (unpaired) electrons. The van der Waals surface area contributed by atoms with E-state index in [1.165, 1.54) is 25.6 Å². The number of hydrogen-bond acceptors (Lipinski definition) is 7. The van der Waals surface area contributed by atoms with E-state index in [2.05, 4.69) is 0 Å². The molecule has 4 rings (SSSR count). The largest absolute Gasteiger partial charge is 0.493 e. The maximum atomic E-state index is 14.1. The number of likely N-dealkylation sites (tertiary alicyclic amines) is 1. The maximum Gasteiger partial charge on any atom is 0.310 e. The Morgan fingerprint density at radius 1 is 1.18 bits per heavy atom. The van der Waals surface area contributed by atoms with Gasteiger partial charge in [0.15, 0.2) is 11.5 Å². The highest BCUT2D eigenvalue weighted by molar-refractivity contribution is 7.10. The number of hydrogen-bond donors (Lipinski definition) is 0. The summed E-state index contributed by atoms with van der Waals surface area (Å²) in [6.45, 7) is 2.96. The SMILES string of the molecule is CCOC(=O)C1CCCN(C(=O)C2c3cc(OC)c(OC)cc3C(=O)N(C)C2c2cccs2)C1. The Morgan fingerprint density at radius 2 is 1.91 bits per heavy atom. The number of methoxy groups -OCH3 is 2. The summed E-state index contributed by atoms with van der Waals surface area (Å²) in [5.41, 5.74) is 1.03. The summed E-state index contributed by atoms with van der Waals surface area (Å²) in [4.78, 5) is 44.2. The van der Waals surface area contributed by atoms with Crippen LogP contribution >= 0.6 is 11.3 Å². The van der Waals surface area contributed by atoms with Crippen LogP contribution in [0.25, 0.3) is 0 Å². The molecule has 2 aliphatic rings. The zero-order valence-corrected chi connectivity index (χ0v) is 20.7. The van der Waals surface area contributed by atoms with Gasteiger partial charge >= 0.3 is 5.97 Å². The summed E-state index contributed by atoms with van der Waals surface area (Å²) in [5.74, 6) is -0.643. The molecule has 2 aliphatic heterocycles. The molecular weight excluding hydrogens is 456 g/mol. The van der Waals surface area contributed by atoms with Gasteiger partial charge in [0.2, 0.25) is 5.91 Å². The Kier molecular flexibility index (Phi) is 7.11. The maximum absolute atomic E-state index is 14.1. The molecule has 0 spiro atoms. The zero-order chi connectivity index (χ0) is 24.4. The zero-order valence-electron chi connectivity index (χ0n) is 19.9. The van der Waals surface area contributed by atoms with Gasteiger partial charge in [-0.05, 0) is 48.9 Å². The Morgan fingerprint density at radius 3 is 2.56 bits per heavy atom. The van der Waals surface area contributed by atoms with Crippen molar-refractivity contribution in [2.24, 2.45) is 5.92 Å². The lowest BCUT2D eigenvalue weighted by Gasteiger charge is -2.42. The fourth-order valence-electron chi connectivity index (χ4n) is 4.96. The van der Waals surface area contributed by atoms with Gasteiger partial charge in [-0.15, -0.1) is 11.3 Å². The van der Waals surface area contributed by atoms with Crippen LogP contribution in [0.2, 0.25) is 0 Å². The molecule has 2 amide bonds. The van der Waals surface area contributed by atoms with Crippen LogP contribution in [0.3, 0.4) is 0 Å². The first-order valence-corrected chi connectivity index (χ1v) is 12.3. The molecule has 34 heavy (non-hydrogen) atoms. The van der Waals surface area contributed by atoms with Crippen LogP contribution in [0.1, 0.15) is 52.5 Å². The molecule has 182 valence electrons. The number of likely N-dealkylation sites (N-methyl/N-ethyl adjacent to an activating group) is 1. The van der Waals surface area contributed by atoms with Gasteiger partial charge in [-0.3, -0.25) is 14.4 Å². The lowest BCUT2D eigenvalue weighted by Crippen LogP contribution is -2.50. The number of esters is 1. The predicted octanol–water partition coefficient (Wildman–Crippen LogP) is 3.48. The quantitative estimate of drug-likeness (QED) is 0.582. The molecule has 1 aromatic carbocycles. The fourth-order valence-corrected chi connectivity index (χ4v) is 5.86. The lowest BCUT2D eigenvalue weighted by atomic mass is 9.80. The Balaban J connectivity index is 1.79. The van der Waals surface area contributed by atoms with Crippen molar-refractivity contribution in [1.82, 2.24) is 9.80 Å². The molecule has 2 aromatic rings. The average Bonchev–Trinajstić information content (AvgIpc) is 3.39. The van der Waals surface area contributed by atoms with Crippen molar-refractivity contribution in [3.05, 3.63) is 45.6 Å². The Labute approximate surface area is 203 Å². The third kappa shape index (κ3) is 4.24. The molecule has 3 heterocycles. The summed E-state index contributed by atoms with van der Waals surface area (Å²) in [7, 11) is 4.77. The molecule has 1 fully saturated rings. The summed E-state index contributed by atoms with van der Waals surface area (Å²) < 4.78 is 16.1. The highest BCUT2D eigenvalue weighted by Crippen LogP contribution is 2.47. The van der Waals surface area contributed by atoms with Gasteiger partial charge in [-0.2, -0.15) is 0 Å². The van der Waals surface area contributed by atoms with Crippen LogP contribution in [-0.2, 0) is 14.3 Å². The first-order chi connectivity index (χ1) is 16.4. The second-order valence-corrected chi connectivity index (χ2v) is 9.50. The smallest absolute Gasteiger partial charge is 0.310 e. The van der Waals surface area contributed by atoms with Crippen molar-refractivity contribution >= 4 is 29.1 Å². The molecule has 0 N–H and O–H groups in total. The van der Waals surface area contributed by atoms with Crippen LogP contribution in [0.5, 0.6) is 11.5 Å². The topological polar surface area (TPSA) is 85.4 Å². The van der Waals surface area contributed by atoms with E-state index in [-0.39, 0.29) is 23.7 Å². The van der Waals surface area contributed by atoms with Crippen molar-refractivity contribution in [2.45, 2.75) is 31.7 Å². The van der Waals surface area contributed by atoms with Crippen LogP contribution in [-0.4, -0.2) is 68.5 Å². The van der Waals surface area contributed by atoms with Gasteiger partial charge in [-0.1, -0.05) is 6.07 Å². The number of ether oxygens (including phenoxy) is 3. The highest BCUT2D eigenvalue weighted by Gasteiger charge is 2.46. The van der Waals surface area contributed by atoms with E-state index >= 15 is 0 Å². The Bertz CT molecular complexity index is 1070. The Hall–Kier alpha value is -3.07. The van der Waals surface area contributed by atoms with Crippen LogP contribution in [0, 0.1) is 5.92 Å². The minimum atomic E-state index is -0.642. The molecular formula is C25H30N2O6S. The number of fused-ring (bicyclic) bond motifs is 1. The second-order valence-electron chi connectivity index (χ2n) is 8.52. The lowest BCUT2D eigenvalue weighted by molar-refractivity contribution is -0.151. The van der Waals surface area contributed by atoms with Crippen molar-refractivity contribution < 1.29 is 28.6 Å². The van der Waals surface area contributed by atoms with Gasteiger partial charge in [0, 0.05) is 30.6 Å². The minimum Gasteiger partial charge on any atom is -0.493 e. The molecule has 0 saturated carbocycles. The number of piperidine rings is 1. The third-order valence-electron chi connectivity index (χ3n) is 6.63. The van der Waals surface area contributed by atoms with Crippen LogP contribution in [0.15, 0.2) is 29.6 Å². The first-order valence-electron chi connectivity index (χ1n) is 11.4. The van der Waals surface area contributed by atoms with Crippen LogP contribution < -0.4 is 9.47 Å². The molecule has 0 bridgehead atoms. The van der Waals surface area contributed by atoms with E-state index in [4.69, 9.17) is 14.2 Å². The molecule has 3 atom stereocenters. The van der Waals surface area contributed by atoms with Crippen LogP contribution in [0.4, 0.5) is 0 Å². The van der Waals surface area contributed by atoms with Gasteiger partial charge in [0.25, 0.3) is 5.91 Å². The molecule has 3 unspecified atom stereocenters. The molecule has 1 aromatic heterocycles. The second kappa shape index (κ2) is 10.0. The number of rotatable bonds is 6. The average molecular weight is 487 g/mol. The summed E-state index contributed by atoms with van der Waals surface area (Å²) in [6.07, 6.45) is 1.42. The van der Waals surface area contributed by atoms with E-state index in [1.54, 1.807) is 35.9 Å². The van der Waals surface area contributed by atoms with E-state index in [1.807, 2.05) is 17.5 Å². The molecule has 8 nitrogen and oxygen atoms in total. The molecule has 1 saturated heterocycles. The number of benzene rings is 1. The van der Waals surface area contributed by atoms with Gasteiger partial charge in [-0.25, -0.2) is 0 Å². The summed E-state index contributed by atoms with van der Waals surface area (Å²) in [5, 5.41) is 1.94. The fraction of sp³-hybridized carbons (Fsp3) is 0.480. The van der Waals surface area contributed by atoms with Crippen molar-refractivity contribution in [3.63, 3.8) is 0 Å². The molecule has 9 heteroatoms. The van der Waals surface area contributed by atoms with Crippen molar-refractivity contribution in [1.29, 1.82) is 0 Å². The first kappa shape index (κ1) is 24.1. The van der Waals surface area contributed by atoms with Gasteiger partial charge in [0.05, 0.1) is 38.7 Å².